The largest absolute Gasteiger partial charge is 0.493 e. The Hall–Kier alpha value is -2.67. The molecule has 1 aliphatic heterocycles. The predicted molar refractivity (Wildman–Crippen MR) is 115 cm³/mol. The fourth-order valence-corrected chi connectivity index (χ4v) is 4.15. The molecule has 1 saturated heterocycles. The maximum atomic E-state index is 12.8. The Kier molecular flexibility index (Phi) is 7.04. The summed E-state index contributed by atoms with van der Waals surface area (Å²) in [6.07, 6.45) is 2.05. The standard InChI is InChI=1S/C22H26N2O4S/c1-15(29-16-10-11-19(27-2)20(14-16)28-3)21(25)23-18-9-5-4-8-17(18)22(26)24-12-6-7-13-24/h4-5,8-11,14-15H,6-7,12-13H2,1-3H3,(H,23,25). The van der Waals surface area contributed by atoms with Gasteiger partial charge in [-0.15, -0.1) is 11.8 Å². The maximum Gasteiger partial charge on any atom is 0.255 e. The lowest BCUT2D eigenvalue weighted by molar-refractivity contribution is -0.115. The van der Waals surface area contributed by atoms with Gasteiger partial charge in [0.15, 0.2) is 11.5 Å². The number of thioether (sulfide) groups is 1. The molecule has 2 aromatic carbocycles. The Labute approximate surface area is 175 Å². The highest BCUT2D eigenvalue weighted by atomic mass is 32.2. The van der Waals surface area contributed by atoms with Crippen molar-refractivity contribution in [2.75, 3.05) is 32.6 Å². The van der Waals surface area contributed by atoms with Crippen LogP contribution in [-0.2, 0) is 4.79 Å². The first kappa shape index (κ1) is 21.0. The van der Waals surface area contributed by atoms with Crippen LogP contribution in [0.25, 0.3) is 0 Å². The lowest BCUT2D eigenvalue weighted by atomic mass is 10.1. The van der Waals surface area contributed by atoms with Crippen molar-refractivity contribution in [3.8, 4) is 11.5 Å². The minimum Gasteiger partial charge on any atom is -0.493 e. The SMILES string of the molecule is COc1ccc(SC(C)C(=O)Nc2ccccc2C(=O)N2CCCC2)cc1OC. The van der Waals surface area contributed by atoms with Crippen LogP contribution in [0.1, 0.15) is 30.1 Å². The highest BCUT2D eigenvalue weighted by molar-refractivity contribution is 8.00. The van der Waals surface area contributed by atoms with Crippen molar-refractivity contribution in [1.82, 2.24) is 4.90 Å². The summed E-state index contributed by atoms with van der Waals surface area (Å²) in [7, 11) is 3.17. The van der Waals surface area contributed by atoms with Crippen LogP contribution in [0.5, 0.6) is 11.5 Å². The number of nitrogens with one attached hydrogen (secondary N) is 1. The number of carbonyl (C=O) groups excluding carboxylic acids is 2. The van der Waals surface area contributed by atoms with E-state index in [0.717, 1.165) is 30.8 Å². The van der Waals surface area contributed by atoms with Gasteiger partial charge in [-0.05, 0) is 50.1 Å². The Bertz CT molecular complexity index is 881. The molecule has 0 bridgehead atoms. The summed E-state index contributed by atoms with van der Waals surface area (Å²) in [5.74, 6) is 1.07. The zero-order valence-electron chi connectivity index (χ0n) is 16.9. The number of benzene rings is 2. The predicted octanol–water partition coefficient (Wildman–Crippen LogP) is 4.06. The zero-order chi connectivity index (χ0) is 20.8. The van der Waals surface area contributed by atoms with E-state index in [1.165, 1.54) is 11.8 Å². The Morgan fingerprint density at radius 1 is 1.03 bits per heavy atom. The van der Waals surface area contributed by atoms with Crippen LogP contribution in [0.3, 0.4) is 0 Å². The van der Waals surface area contributed by atoms with E-state index in [0.29, 0.717) is 22.7 Å². The molecule has 29 heavy (non-hydrogen) atoms. The molecule has 1 heterocycles. The molecule has 6 nitrogen and oxygen atoms in total. The van der Waals surface area contributed by atoms with Gasteiger partial charge in [-0.25, -0.2) is 0 Å². The molecule has 1 fully saturated rings. The summed E-state index contributed by atoms with van der Waals surface area (Å²) in [5, 5.41) is 2.56. The molecule has 0 spiro atoms. The van der Waals surface area contributed by atoms with Gasteiger partial charge in [-0.3, -0.25) is 9.59 Å². The Balaban J connectivity index is 1.69. The highest BCUT2D eigenvalue weighted by Gasteiger charge is 2.23. The van der Waals surface area contributed by atoms with Crippen molar-refractivity contribution in [2.45, 2.75) is 29.9 Å². The number of amides is 2. The molecule has 1 N–H and O–H groups in total. The van der Waals surface area contributed by atoms with Crippen LogP contribution in [0.15, 0.2) is 47.4 Å². The van der Waals surface area contributed by atoms with Gasteiger partial charge in [0.1, 0.15) is 0 Å². The first-order chi connectivity index (χ1) is 14.0. The molecule has 0 aromatic heterocycles. The van der Waals surface area contributed by atoms with Gasteiger partial charge in [-0.1, -0.05) is 12.1 Å². The molecule has 0 radical (unpaired) electrons. The average molecular weight is 415 g/mol. The molecule has 0 aliphatic carbocycles. The number of nitrogens with zero attached hydrogens (tertiary/aromatic N) is 1. The summed E-state index contributed by atoms with van der Waals surface area (Å²) in [6, 6.07) is 12.7. The van der Waals surface area contributed by atoms with Crippen molar-refractivity contribution in [2.24, 2.45) is 0 Å². The monoisotopic (exact) mass is 414 g/mol. The van der Waals surface area contributed by atoms with E-state index in [1.54, 1.807) is 26.4 Å². The molecule has 2 amide bonds. The van der Waals surface area contributed by atoms with E-state index < -0.39 is 0 Å². The lowest BCUT2D eigenvalue weighted by Crippen LogP contribution is -2.29. The Morgan fingerprint density at radius 3 is 2.41 bits per heavy atom. The van der Waals surface area contributed by atoms with Crippen LogP contribution >= 0.6 is 11.8 Å². The molecule has 1 aliphatic rings. The molecule has 2 aromatic rings. The van der Waals surface area contributed by atoms with Gasteiger partial charge < -0.3 is 19.7 Å². The number of rotatable bonds is 7. The first-order valence-electron chi connectivity index (χ1n) is 9.61. The van der Waals surface area contributed by atoms with E-state index >= 15 is 0 Å². The fraction of sp³-hybridized carbons (Fsp3) is 0.364. The summed E-state index contributed by atoms with van der Waals surface area (Å²) in [6.45, 7) is 3.38. The van der Waals surface area contributed by atoms with E-state index in [2.05, 4.69) is 5.32 Å². The van der Waals surface area contributed by atoms with Crippen LogP contribution in [-0.4, -0.2) is 49.3 Å². The van der Waals surface area contributed by atoms with Crippen LogP contribution < -0.4 is 14.8 Å². The molecule has 7 heteroatoms. The van der Waals surface area contributed by atoms with E-state index in [4.69, 9.17) is 9.47 Å². The van der Waals surface area contributed by atoms with Gasteiger partial charge in [-0.2, -0.15) is 0 Å². The Morgan fingerprint density at radius 2 is 1.72 bits per heavy atom. The molecule has 3 rings (SSSR count). The lowest BCUT2D eigenvalue weighted by Gasteiger charge is -2.19. The van der Waals surface area contributed by atoms with Gasteiger partial charge in [0, 0.05) is 18.0 Å². The van der Waals surface area contributed by atoms with Crippen molar-refractivity contribution < 1.29 is 19.1 Å². The van der Waals surface area contributed by atoms with Crippen molar-refractivity contribution >= 4 is 29.3 Å². The minimum absolute atomic E-state index is 0.0291. The summed E-state index contributed by atoms with van der Waals surface area (Å²) in [5.41, 5.74) is 1.08. The van der Waals surface area contributed by atoms with E-state index in [1.807, 2.05) is 42.2 Å². The number of likely N-dealkylation sites (tertiary alicyclic amines) is 1. The van der Waals surface area contributed by atoms with E-state index in [9.17, 15) is 9.59 Å². The fourth-order valence-electron chi connectivity index (χ4n) is 3.25. The second-order valence-electron chi connectivity index (χ2n) is 6.81. The summed E-state index contributed by atoms with van der Waals surface area (Å²) >= 11 is 1.42. The molecule has 1 unspecified atom stereocenters. The van der Waals surface area contributed by atoms with Crippen molar-refractivity contribution in [1.29, 1.82) is 0 Å². The van der Waals surface area contributed by atoms with Crippen LogP contribution in [0.4, 0.5) is 5.69 Å². The van der Waals surface area contributed by atoms with Gasteiger partial charge in [0.25, 0.3) is 5.91 Å². The topological polar surface area (TPSA) is 67.9 Å². The average Bonchev–Trinajstić information content (AvgIpc) is 3.28. The number of hydrogen-bond acceptors (Lipinski definition) is 5. The smallest absolute Gasteiger partial charge is 0.255 e. The molecule has 1 atom stereocenters. The van der Waals surface area contributed by atoms with Crippen molar-refractivity contribution in [3.63, 3.8) is 0 Å². The third-order valence-corrected chi connectivity index (χ3v) is 5.94. The number of carbonyl (C=O) groups is 2. The second kappa shape index (κ2) is 9.69. The summed E-state index contributed by atoms with van der Waals surface area (Å²) in [4.78, 5) is 28.3. The number of ether oxygens (including phenoxy) is 2. The van der Waals surface area contributed by atoms with Gasteiger partial charge >= 0.3 is 0 Å². The number of methoxy groups -OCH3 is 2. The third kappa shape index (κ3) is 5.03. The number of hydrogen-bond donors (Lipinski definition) is 1. The number of para-hydroxylation sites is 1. The highest BCUT2D eigenvalue weighted by Crippen LogP contribution is 2.34. The molecule has 154 valence electrons. The molecule has 0 saturated carbocycles. The first-order valence-corrected chi connectivity index (χ1v) is 10.5. The van der Waals surface area contributed by atoms with Crippen LogP contribution in [0.2, 0.25) is 0 Å². The van der Waals surface area contributed by atoms with Gasteiger partial charge in [0.2, 0.25) is 5.91 Å². The normalized spacial score (nSPS) is 14.4. The minimum atomic E-state index is -0.358. The maximum absolute atomic E-state index is 12.8. The molecular weight excluding hydrogens is 388 g/mol. The molecular formula is C22H26N2O4S. The zero-order valence-corrected chi connectivity index (χ0v) is 17.8. The quantitative estimate of drug-likeness (QED) is 0.692. The summed E-state index contributed by atoms with van der Waals surface area (Å²) < 4.78 is 10.6. The second-order valence-corrected chi connectivity index (χ2v) is 8.23. The number of anilines is 1. The van der Waals surface area contributed by atoms with Crippen molar-refractivity contribution in [3.05, 3.63) is 48.0 Å². The van der Waals surface area contributed by atoms with Gasteiger partial charge in [0.05, 0.1) is 30.7 Å². The third-order valence-electron chi connectivity index (χ3n) is 4.85. The van der Waals surface area contributed by atoms with E-state index in [-0.39, 0.29) is 17.1 Å². The van der Waals surface area contributed by atoms with Crippen LogP contribution in [0, 0.1) is 0 Å².